The van der Waals surface area contributed by atoms with Crippen LogP contribution < -0.4 is 15.4 Å². The van der Waals surface area contributed by atoms with Gasteiger partial charge in [-0.2, -0.15) is 0 Å². The molecule has 2 amide bonds. The molecule has 0 saturated carbocycles. The molecule has 2 N–H and O–H groups in total. The highest BCUT2D eigenvalue weighted by molar-refractivity contribution is 9.10. The molecule has 0 saturated heterocycles. The Balaban J connectivity index is 1.57. The SMILES string of the molecule is CC(=O)Nc1ccc(-c2csc(NC(=O)COc3cccc(Br)c3)n2)cc1. The van der Waals surface area contributed by atoms with E-state index in [1.807, 2.05) is 29.6 Å². The number of hydrogen-bond donors (Lipinski definition) is 2. The summed E-state index contributed by atoms with van der Waals surface area (Å²) in [4.78, 5) is 27.5. The number of carbonyl (C=O) groups excluding carboxylic acids is 2. The second-order valence-corrected chi connectivity index (χ2v) is 7.36. The summed E-state index contributed by atoms with van der Waals surface area (Å²) < 4.78 is 6.34. The van der Waals surface area contributed by atoms with E-state index in [0.717, 1.165) is 21.4 Å². The molecule has 1 aromatic heterocycles. The van der Waals surface area contributed by atoms with E-state index in [-0.39, 0.29) is 18.4 Å². The van der Waals surface area contributed by atoms with Gasteiger partial charge in [-0.25, -0.2) is 4.98 Å². The van der Waals surface area contributed by atoms with Crippen molar-refractivity contribution < 1.29 is 14.3 Å². The second-order valence-electron chi connectivity index (χ2n) is 5.59. The Kier molecular flexibility index (Phi) is 6.20. The summed E-state index contributed by atoms with van der Waals surface area (Å²) in [5.74, 6) is 0.210. The van der Waals surface area contributed by atoms with Crippen molar-refractivity contribution in [1.29, 1.82) is 0 Å². The monoisotopic (exact) mass is 445 g/mol. The summed E-state index contributed by atoms with van der Waals surface area (Å²) in [6.07, 6.45) is 0. The Morgan fingerprint density at radius 2 is 1.93 bits per heavy atom. The van der Waals surface area contributed by atoms with Crippen molar-refractivity contribution in [3.63, 3.8) is 0 Å². The number of ether oxygens (including phenoxy) is 1. The Morgan fingerprint density at radius 1 is 1.15 bits per heavy atom. The maximum Gasteiger partial charge on any atom is 0.264 e. The number of halogens is 1. The van der Waals surface area contributed by atoms with E-state index in [4.69, 9.17) is 4.74 Å². The third kappa shape index (κ3) is 5.63. The number of hydrogen-bond acceptors (Lipinski definition) is 5. The van der Waals surface area contributed by atoms with Gasteiger partial charge in [0.2, 0.25) is 5.91 Å². The molecule has 0 fully saturated rings. The molecule has 0 aliphatic carbocycles. The predicted octanol–water partition coefficient (Wildman–Crippen LogP) is 4.55. The lowest BCUT2D eigenvalue weighted by atomic mass is 10.1. The quantitative estimate of drug-likeness (QED) is 0.583. The number of nitrogens with zero attached hydrogens (tertiary/aromatic N) is 1. The van der Waals surface area contributed by atoms with Crippen molar-refractivity contribution in [1.82, 2.24) is 4.98 Å². The first-order valence-corrected chi connectivity index (χ1v) is 9.68. The van der Waals surface area contributed by atoms with Crippen LogP contribution in [0.1, 0.15) is 6.92 Å². The average Bonchev–Trinajstić information content (AvgIpc) is 3.08. The molecule has 3 aromatic rings. The van der Waals surface area contributed by atoms with Gasteiger partial charge in [-0.1, -0.05) is 34.1 Å². The van der Waals surface area contributed by atoms with Gasteiger partial charge in [-0.3, -0.25) is 14.9 Å². The summed E-state index contributed by atoms with van der Waals surface area (Å²) in [6.45, 7) is 1.36. The summed E-state index contributed by atoms with van der Waals surface area (Å²) >= 11 is 4.69. The van der Waals surface area contributed by atoms with E-state index in [1.165, 1.54) is 18.3 Å². The topological polar surface area (TPSA) is 80.3 Å². The van der Waals surface area contributed by atoms with Crippen molar-refractivity contribution in [2.45, 2.75) is 6.92 Å². The molecular formula is C19H16BrN3O3S. The Morgan fingerprint density at radius 3 is 2.63 bits per heavy atom. The van der Waals surface area contributed by atoms with E-state index in [1.54, 1.807) is 24.3 Å². The van der Waals surface area contributed by atoms with E-state index >= 15 is 0 Å². The molecule has 138 valence electrons. The number of amides is 2. The van der Waals surface area contributed by atoms with E-state index in [9.17, 15) is 9.59 Å². The van der Waals surface area contributed by atoms with Crippen LogP contribution in [0.3, 0.4) is 0 Å². The number of thiazole rings is 1. The van der Waals surface area contributed by atoms with E-state index in [2.05, 4.69) is 31.5 Å². The first-order chi connectivity index (χ1) is 13.0. The second kappa shape index (κ2) is 8.79. The first-order valence-electron chi connectivity index (χ1n) is 8.01. The van der Waals surface area contributed by atoms with Crippen molar-refractivity contribution in [3.8, 4) is 17.0 Å². The van der Waals surface area contributed by atoms with Gasteiger partial charge < -0.3 is 10.1 Å². The van der Waals surface area contributed by atoms with Gasteiger partial charge in [0.1, 0.15) is 5.75 Å². The normalized spacial score (nSPS) is 10.3. The fourth-order valence-electron chi connectivity index (χ4n) is 2.25. The largest absolute Gasteiger partial charge is 0.484 e. The molecule has 0 spiro atoms. The Hall–Kier alpha value is -2.71. The standard InChI is InChI=1S/C19H16BrN3O3S/c1-12(24)21-15-7-5-13(6-8-15)17-11-27-19(22-17)23-18(25)10-26-16-4-2-3-14(20)9-16/h2-9,11H,10H2,1H3,(H,21,24)(H,22,23,25). The van der Waals surface area contributed by atoms with Crippen LogP contribution in [0.15, 0.2) is 58.4 Å². The summed E-state index contributed by atoms with van der Waals surface area (Å²) in [7, 11) is 0. The zero-order valence-corrected chi connectivity index (χ0v) is 16.8. The maximum atomic E-state index is 12.0. The maximum absolute atomic E-state index is 12.0. The molecule has 3 rings (SSSR count). The number of benzene rings is 2. The van der Waals surface area contributed by atoms with Crippen molar-refractivity contribution in [2.24, 2.45) is 0 Å². The van der Waals surface area contributed by atoms with Crippen LogP contribution in [0.4, 0.5) is 10.8 Å². The molecule has 8 heteroatoms. The van der Waals surface area contributed by atoms with Gasteiger partial charge in [0.15, 0.2) is 11.7 Å². The highest BCUT2D eigenvalue weighted by atomic mass is 79.9. The highest BCUT2D eigenvalue weighted by Gasteiger charge is 2.09. The first kappa shape index (κ1) is 19.1. The molecule has 2 aromatic carbocycles. The fourth-order valence-corrected chi connectivity index (χ4v) is 3.37. The summed E-state index contributed by atoms with van der Waals surface area (Å²) in [5.41, 5.74) is 2.36. The van der Waals surface area contributed by atoms with Crippen molar-refractivity contribution >= 4 is 49.9 Å². The third-order valence-corrected chi connectivity index (χ3v) is 4.67. The molecule has 0 radical (unpaired) electrons. The zero-order valence-electron chi connectivity index (χ0n) is 14.4. The van der Waals surface area contributed by atoms with Crippen LogP contribution in [0.5, 0.6) is 5.75 Å². The van der Waals surface area contributed by atoms with Crippen LogP contribution in [0.2, 0.25) is 0 Å². The number of anilines is 2. The van der Waals surface area contributed by atoms with Crippen LogP contribution >= 0.6 is 27.3 Å². The number of rotatable bonds is 6. The summed E-state index contributed by atoms with van der Waals surface area (Å²) in [5, 5.41) is 7.80. The number of carbonyl (C=O) groups is 2. The van der Waals surface area contributed by atoms with Gasteiger partial charge in [-0.05, 0) is 30.3 Å². The van der Waals surface area contributed by atoms with Crippen LogP contribution in [0, 0.1) is 0 Å². The molecule has 0 aliphatic heterocycles. The minimum Gasteiger partial charge on any atom is -0.484 e. The average molecular weight is 446 g/mol. The lowest BCUT2D eigenvalue weighted by Gasteiger charge is -2.06. The van der Waals surface area contributed by atoms with E-state index < -0.39 is 0 Å². The Bertz CT molecular complexity index is 957. The molecular weight excluding hydrogens is 430 g/mol. The van der Waals surface area contributed by atoms with Gasteiger partial charge >= 0.3 is 0 Å². The highest BCUT2D eigenvalue weighted by Crippen LogP contribution is 2.26. The zero-order chi connectivity index (χ0) is 19.2. The fraction of sp³-hybridized carbons (Fsp3) is 0.105. The van der Waals surface area contributed by atoms with Crippen LogP contribution in [-0.4, -0.2) is 23.4 Å². The predicted molar refractivity (Wildman–Crippen MR) is 110 cm³/mol. The van der Waals surface area contributed by atoms with Gasteiger partial charge in [0.05, 0.1) is 5.69 Å². The van der Waals surface area contributed by atoms with Gasteiger partial charge in [-0.15, -0.1) is 11.3 Å². The number of nitrogens with one attached hydrogen (secondary N) is 2. The van der Waals surface area contributed by atoms with Crippen LogP contribution in [-0.2, 0) is 9.59 Å². The van der Waals surface area contributed by atoms with Crippen molar-refractivity contribution in [3.05, 3.63) is 58.4 Å². The molecule has 0 bridgehead atoms. The minimum atomic E-state index is -0.281. The van der Waals surface area contributed by atoms with Gasteiger partial charge in [0, 0.05) is 28.0 Å². The lowest BCUT2D eigenvalue weighted by molar-refractivity contribution is -0.118. The Labute approximate surface area is 168 Å². The molecule has 0 aliphatic rings. The number of aromatic nitrogens is 1. The molecule has 0 unspecified atom stereocenters. The summed E-state index contributed by atoms with van der Waals surface area (Å²) in [6, 6.07) is 14.6. The third-order valence-electron chi connectivity index (χ3n) is 3.42. The van der Waals surface area contributed by atoms with Crippen LogP contribution in [0.25, 0.3) is 11.3 Å². The molecule has 1 heterocycles. The minimum absolute atomic E-state index is 0.100. The molecule has 0 atom stereocenters. The lowest BCUT2D eigenvalue weighted by Crippen LogP contribution is -2.20. The van der Waals surface area contributed by atoms with Gasteiger partial charge in [0.25, 0.3) is 5.91 Å². The molecule has 6 nitrogen and oxygen atoms in total. The molecule has 27 heavy (non-hydrogen) atoms. The van der Waals surface area contributed by atoms with E-state index in [0.29, 0.717) is 10.9 Å². The smallest absolute Gasteiger partial charge is 0.264 e. The van der Waals surface area contributed by atoms with Crippen molar-refractivity contribution in [2.75, 3.05) is 17.2 Å².